The minimum atomic E-state index is -0.183. The van der Waals surface area contributed by atoms with Crippen LogP contribution in [-0.2, 0) is 4.79 Å². The molecule has 0 aromatic rings. The van der Waals surface area contributed by atoms with Crippen molar-refractivity contribution in [2.24, 2.45) is 11.7 Å². The summed E-state index contributed by atoms with van der Waals surface area (Å²) in [5.74, 6) is 0.933. The van der Waals surface area contributed by atoms with Gasteiger partial charge in [0, 0.05) is 18.5 Å². The third-order valence-corrected chi connectivity index (χ3v) is 4.57. The molecule has 1 amide bonds. The lowest BCUT2D eigenvalue weighted by Crippen LogP contribution is -2.50. The minimum Gasteiger partial charge on any atom is -0.356 e. The SMILES string of the molecule is CN1CCC(CCNC(=O)CC2(N)CCC2)CC1. The van der Waals surface area contributed by atoms with Crippen LogP contribution < -0.4 is 11.1 Å². The van der Waals surface area contributed by atoms with Gasteiger partial charge in [-0.2, -0.15) is 0 Å². The minimum absolute atomic E-state index is 0.144. The number of amides is 1. The normalized spacial score (nSPS) is 24.6. The van der Waals surface area contributed by atoms with E-state index in [9.17, 15) is 4.79 Å². The first-order chi connectivity index (χ1) is 8.57. The maximum Gasteiger partial charge on any atom is 0.221 e. The highest BCUT2D eigenvalue weighted by atomic mass is 16.1. The van der Waals surface area contributed by atoms with E-state index in [2.05, 4.69) is 17.3 Å². The van der Waals surface area contributed by atoms with E-state index in [1.54, 1.807) is 0 Å². The Hall–Kier alpha value is -0.610. The molecule has 3 N–H and O–H groups in total. The summed E-state index contributed by atoms with van der Waals surface area (Å²) in [6.45, 7) is 3.22. The number of piperidine rings is 1. The Kier molecular flexibility index (Phi) is 4.62. The van der Waals surface area contributed by atoms with Crippen LogP contribution in [0.25, 0.3) is 0 Å². The maximum absolute atomic E-state index is 11.7. The lowest BCUT2D eigenvalue weighted by Gasteiger charge is -2.37. The zero-order chi connectivity index (χ0) is 13.0. The van der Waals surface area contributed by atoms with Gasteiger partial charge in [-0.3, -0.25) is 4.79 Å². The number of hydrogen-bond acceptors (Lipinski definition) is 3. The lowest BCUT2D eigenvalue weighted by atomic mass is 9.75. The van der Waals surface area contributed by atoms with E-state index in [1.807, 2.05) is 0 Å². The van der Waals surface area contributed by atoms with Crippen molar-refractivity contribution in [1.82, 2.24) is 10.2 Å². The van der Waals surface area contributed by atoms with Gasteiger partial charge in [0.25, 0.3) is 0 Å². The van der Waals surface area contributed by atoms with Gasteiger partial charge in [0.1, 0.15) is 0 Å². The number of nitrogens with one attached hydrogen (secondary N) is 1. The van der Waals surface area contributed by atoms with Crippen molar-refractivity contribution in [3.8, 4) is 0 Å². The number of hydrogen-bond donors (Lipinski definition) is 2. The van der Waals surface area contributed by atoms with Crippen molar-refractivity contribution in [3.63, 3.8) is 0 Å². The molecular weight excluding hydrogens is 226 g/mol. The predicted octanol–water partition coefficient (Wildman–Crippen LogP) is 1.11. The van der Waals surface area contributed by atoms with E-state index in [-0.39, 0.29) is 11.4 Å². The van der Waals surface area contributed by atoms with Gasteiger partial charge in [0.2, 0.25) is 5.91 Å². The van der Waals surface area contributed by atoms with Crippen LogP contribution in [0.15, 0.2) is 0 Å². The van der Waals surface area contributed by atoms with E-state index in [4.69, 9.17) is 5.73 Å². The van der Waals surface area contributed by atoms with Crippen LogP contribution in [0, 0.1) is 5.92 Å². The summed E-state index contributed by atoms with van der Waals surface area (Å²) in [7, 11) is 2.18. The molecule has 0 aromatic carbocycles. The molecule has 1 saturated heterocycles. The molecule has 0 unspecified atom stereocenters. The van der Waals surface area contributed by atoms with Crippen LogP contribution >= 0.6 is 0 Å². The Balaban J connectivity index is 1.56. The first kappa shape index (κ1) is 13.8. The van der Waals surface area contributed by atoms with Crippen molar-refractivity contribution < 1.29 is 4.79 Å². The molecule has 0 bridgehead atoms. The van der Waals surface area contributed by atoms with Crippen molar-refractivity contribution in [2.75, 3.05) is 26.7 Å². The van der Waals surface area contributed by atoms with Crippen molar-refractivity contribution in [1.29, 1.82) is 0 Å². The largest absolute Gasteiger partial charge is 0.356 e. The Labute approximate surface area is 110 Å². The van der Waals surface area contributed by atoms with Crippen LogP contribution in [0.2, 0.25) is 0 Å². The highest BCUT2D eigenvalue weighted by Crippen LogP contribution is 2.31. The number of nitrogens with two attached hydrogens (primary N) is 1. The van der Waals surface area contributed by atoms with Crippen molar-refractivity contribution in [2.45, 2.75) is 50.5 Å². The smallest absolute Gasteiger partial charge is 0.221 e. The van der Waals surface area contributed by atoms with Crippen molar-refractivity contribution >= 4 is 5.91 Å². The molecule has 18 heavy (non-hydrogen) atoms. The summed E-state index contributed by atoms with van der Waals surface area (Å²) < 4.78 is 0. The standard InChI is InChI=1S/C14H27N3O/c1-17-9-4-12(5-10-17)3-8-16-13(18)11-14(15)6-2-7-14/h12H,2-11,15H2,1H3,(H,16,18). The molecule has 2 rings (SSSR count). The highest BCUT2D eigenvalue weighted by molar-refractivity contribution is 5.77. The third kappa shape index (κ3) is 3.95. The summed E-state index contributed by atoms with van der Waals surface area (Å²) in [5, 5.41) is 3.03. The topological polar surface area (TPSA) is 58.4 Å². The van der Waals surface area contributed by atoms with Gasteiger partial charge in [-0.25, -0.2) is 0 Å². The van der Waals surface area contributed by atoms with Gasteiger partial charge in [-0.05, 0) is 64.6 Å². The molecule has 0 radical (unpaired) electrons. The summed E-state index contributed by atoms with van der Waals surface area (Å²) in [5.41, 5.74) is 5.88. The monoisotopic (exact) mass is 253 g/mol. The molecule has 104 valence electrons. The first-order valence-corrected chi connectivity index (χ1v) is 7.31. The lowest BCUT2D eigenvalue weighted by molar-refractivity contribution is -0.123. The van der Waals surface area contributed by atoms with Gasteiger partial charge >= 0.3 is 0 Å². The Morgan fingerprint density at radius 1 is 1.39 bits per heavy atom. The molecule has 1 aliphatic heterocycles. The van der Waals surface area contributed by atoms with Crippen molar-refractivity contribution in [3.05, 3.63) is 0 Å². The molecule has 2 aliphatic rings. The number of carbonyl (C=O) groups is 1. The molecule has 0 atom stereocenters. The second kappa shape index (κ2) is 6.02. The Morgan fingerprint density at radius 3 is 2.61 bits per heavy atom. The molecule has 1 saturated carbocycles. The van der Waals surface area contributed by atoms with Crippen LogP contribution in [0.5, 0.6) is 0 Å². The van der Waals surface area contributed by atoms with Crippen LogP contribution in [0.1, 0.15) is 44.9 Å². The average molecular weight is 253 g/mol. The first-order valence-electron chi connectivity index (χ1n) is 7.31. The summed E-state index contributed by atoms with van der Waals surface area (Å²) in [6.07, 6.45) is 7.38. The molecule has 2 fully saturated rings. The van der Waals surface area contributed by atoms with E-state index < -0.39 is 0 Å². The predicted molar refractivity (Wildman–Crippen MR) is 73.2 cm³/mol. The number of carbonyl (C=O) groups excluding carboxylic acids is 1. The van der Waals surface area contributed by atoms with Crippen LogP contribution in [0.3, 0.4) is 0 Å². The van der Waals surface area contributed by atoms with Gasteiger partial charge in [0.15, 0.2) is 0 Å². The number of likely N-dealkylation sites (tertiary alicyclic amines) is 1. The van der Waals surface area contributed by atoms with E-state index in [0.717, 1.165) is 31.7 Å². The van der Waals surface area contributed by atoms with Crippen LogP contribution in [0.4, 0.5) is 0 Å². The van der Waals surface area contributed by atoms with E-state index in [1.165, 1.54) is 32.4 Å². The second-order valence-corrected chi connectivity index (χ2v) is 6.28. The molecule has 4 heteroatoms. The Morgan fingerprint density at radius 2 is 2.06 bits per heavy atom. The molecule has 1 aliphatic carbocycles. The zero-order valence-corrected chi connectivity index (χ0v) is 11.6. The summed E-state index contributed by atoms with van der Waals surface area (Å²) >= 11 is 0. The molecular formula is C14H27N3O. The quantitative estimate of drug-likeness (QED) is 0.771. The van der Waals surface area contributed by atoms with Gasteiger partial charge in [-0.15, -0.1) is 0 Å². The number of nitrogens with zero attached hydrogens (tertiary/aromatic N) is 1. The van der Waals surface area contributed by atoms with E-state index >= 15 is 0 Å². The molecule has 0 aromatic heterocycles. The number of rotatable bonds is 5. The fourth-order valence-corrected chi connectivity index (χ4v) is 2.96. The second-order valence-electron chi connectivity index (χ2n) is 6.28. The van der Waals surface area contributed by atoms with Gasteiger partial charge in [0.05, 0.1) is 0 Å². The van der Waals surface area contributed by atoms with Gasteiger partial charge < -0.3 is 16.0 Å². The Bertz CT molecular complexity index is 281. The zero-order valence-electron chi connectivity index (χ0n) is 11.6. The third-order valence-electron chi connectivity index (χ3n) is 4.57. The van der Waals surface area contributed by atoms with Crippen LogP contribution in [-0.4, -0.2) is 43.0 Å². The van der Waals surface area contributed by atoms with E-state index in [0.29, 0.717) is 6.42 Å². The summed E-state index contributed by atoms with van der Waals surface area (Å²) in [4.78, 5) is 14.1. The average Bonchev–Trinajstić information content (AvgIpc) is 2.30. The van der Waals surface area contributed by atoms with Gasteiger partial charge in [-0.1, -0.05) is 0 Å². The molecule has 1 heterocycles. The molecule has 0 spiro atoms. The molecule has 4 nitrogen and oxygen atoms in total. The maximum atomic E-state index is 11.7. The highest BCUT2D eigenvalue weighted by Gasteiger charge is 2.34. The fraction of sp³-hybridized carbons (Fsp3) is 0.929. The summed E-state index contributed by atoms with van der Waals surface area (Å²) in [6, 6.07) is 0. The fourth-order valence-electron chi connectivity index (χ4n) is 2.96.